The molecule has 0 saturated carbocycles. The Balaban J connectivity index is 1.76. The number of fused-ring (bicyclic) bond motifs is 1. The van der Waals surface area contributed by atoms with E-state index in [0.29, 0.717) is 23.6 Å². The van der Waals surface area contributed by atoms with Crippen molar-refractivity contribution in [1.29, 1.82) is 0 Å². The van der Waals surface area contributed by atoms with Crippen LogP contribution in [0, 0.1) is 0 Å². The van der Waals surface area contributed by atoms with Crippen molar-refractivity contribution in [2.24, 2.45) is 0 Å². The van der Waals surface area contributed by atoms with Crippen molar-refractivity contribution in [2.75, 3.05) is 13.7 Å². The average Bonchev–Trinajstić information content (AvgIpc) is 3.18. The fraction of sp³-hybridized carbons (Fsp3) is 0.250. The van der Waals surface area contributed by atoms with Crippen molar-refractivity contribution in [3.05, 3.63) is 75.9 Å². The number of nitrogens with one attached hydrogen (secondary N) is 1. The van der Waals surface area contributed by atoms with Gasteiger partial charge in [-0.05, 0) is 61.6 Å². The molecule has 1 aromatic heterocycles. The Morgan fingerprint density at radius 2 is 1.83 bits per heavy atom. The molecule has 0 unspecified atom stereocenters. The third-order valence-corrected chi connectivity index (χ3v) is 5.60. The van der Waals surface area contributed by atoms with E-state index < -0.39 is 0 Å². The number of benzene rings is 2. The van der Waals surface area contributed by atoms with Gasteiger partial charge in [-0.15, -0.1) is 0 Å². The molecule has 1 heterocycles. The maximum absolute atomic E-state index is 12.9. The smallest absolute Gasteiger partial charge is 0.338 e. The fourth-order valence-electron chi connectivity index (χ4n) is 3.87. The average molecular weight is 423 g/mol. The fourth-order valence-corrected chi connectivity index (χ4v) is 3.99. The molecule has 0 bridgehead atoms. The molecule has 4 rings (SSSR count). The van der Waals surface area contributed by atoms with Crippen LogP contribution in [-0.4, -0.2) is 29.9 Å². The lowest BCUT2D eigenvalue weighted by molar-refractivity contribution is -0.136. The Morgan fingerprint density at radius 3 is 2.50 bits per heavy atom. The second-order valence-corrected chi connectivity index (χ2v) is 7.57. The highest BCUT2D eigenvalue weighted by atomic mass is 35.5. The molecule has 1 N–H and O–H groups in total. The van der Waals surface area contributed by atoms with E-state index in [-0.39, 0.29) is 5.97 Å². The molecular weight excluding hydrogens is 400 g/mol. The highest BCUT2D eigenvalue weighted by Gasteiger charge is 2.26. The van der Waals surface area contributed by atoms with Crippen LogP contribution in [0.3, 0.4) is 0 Å². The normalized spacial score (nSPS) is 14.8. The first-order valence-electron chi connectivity index (χ1n) is 9.96. The first kappa shape index (κ1) is 20.2. The van der Waals surface area contributed by atoms with E-state index in [2.05, 4.69) is 10.2 Å². The standard InChI is InChI=1S/C24H23ClN2O3/c1-3-30-24(28)22(15-6-11-19(29-2)12-7-15)17-8-13-21-20(14-17)23(27-26-21)16-4-9-18(25)10-5-16/h4-7,9-12H,3,8,13-14H2,1-2H3,(H,26,27)/b22-17-. The number of H-pyrrole nitrogens is 1. The number of nitrogens with zero attached hydrogens (tertiary/aromatic N) is 1. The molecule has 0 atom stereocenters. The molecule has 2 aromatic carbocycles. The number of aromatic nitrogens is 2. The van der Waals surface area contributed by atoms with Crippen molar-refractivity contribution in [1.82, 2.24) is 10.2 Å². The Bertz CT molecular complexity index is 1080. The van der Waals surface area contributed by atoms with Gasteiger partial charge in [0.15, 0.2) is 0 Å². The van der Waals surface area contributed by atoms with Gasteiger partial charge < -0.3 is 9.47 Å². The van der Waals surface area contributed by atoms with Crippen LogP contribution < -0.4 is 4.74 Å². The number of halogens is 1. The number of aromatic amines is 1. The van der Waals surface area contributed by atoms with E-state index in [4.69, 9.17) is 21.1 Å². The summed E-state index contributed by atoms with van der Waals surface area (Å²) < 4.78 is 10.7. The van der Waals surface area contributed by atoms with Crippen LogP contribution in [0.25, 0.3) is 16.8 Å². The van der Waals surface area contributed by atoms with Crippen LogP contribution in [0.1, 0.15) is 30.2 Å². The van der Waals surface area contributed by atoms with E-state index in [9.17, 15) is 4.79 Å². The number of carbonyl (C=O) groups excluding carboxylic acids is 1. The van der Waals surface area contributed by atoms with Crippen molar-refractivity contribution >= 4 is 23.1 Å². The molecular formula is C24H23ClN2O3. The Kier molecular flexibility index (Phi) is 5.91. The number of esters is 1. The quantitative estimate of drug-likeness (QED) is 0.451. The summed E-state index contributed by atoms with van der Waals surface area (Å²) in [5.74, 6) is 0.454. The zero-order chi connectivity index (χ0) is 21.1. The minimum absolute atomic E-state index is 0.294. The van der Waals surface area contributed by atoms with E-state index in [1.807, 2.05) is 55.5 Å². The van der Waals surface area contributed by atoms with E-state index in [1.165, 1.54) is 0 Å². The Hall–Kier alpha value is -3.05. The van der Waals surface area contributed by atoms with Gasteiger partial charge in [0.05, 0.1) is 30.7 Å². The summed E-state index contributed by atoms with van der Waals surface area (Å²) in [7, 11) is 1.62. The van der Waals surface area contributed by atoms with Gasteiger partial charge in [-0.25, -0.2) is 4.79 Å². The van der Waals surface area contributed by atoms with E-state index in [0.717, 1.165) is 52.2 Å². The Labute approximate surface area is 180 Å². The lowest BCUT2D eigenvalue weighted by Gasteiger charge is -2.20. The third-order valence-electron chi connectivity index (χ3n) is 5.35. The molecule has 3 aromatic rings. The minimum atomic E-state index is -0.294. The zero-order valence-corrected chi connectivity index (χ0v) is 17.8. The molecule has 6 heteroatoms. The molecule has 0 aliphatic heterocycles. The number of ether oxygens (including phenoxy) is 2. The van der Waals surface area contributed by atoms with Gasteiger partial charge in [0.25, 0.3) is 0 Å². The Morgan fingerprint density at radius 1 is 1.10 bits per heavy atom. The largest absolute Gasteiger partial charge is 0.497 e. The summed E-state index contributed by atoms with van der Waals surface area (Å²) in [4.78, 5) is 12.9. The van der Waals surface area contributed by atoms with E-state index in [1.54, 1.807) is 7.11 Å². The van der Waals surface area contributed by atoms with Crippen molar-refractivity contribution in [2.45, 2.75) is 26.2 Å². The maximum atomic E-state index is 12.9. The van der Waals surface area contributed by atoms with Crippen LogP contribution in [0.2, 0.25) is 5.02 Å². The molecule has 1 aliphatic rings. The van der Waals surface area contributed by atoms with Gasteiger partial charge in [-0.3, -0.25) is 5.10 Å². The SMILES string of the molecule is CCOC(=O)/C(=C1/CCc2n[nH]c(-c3ccc(Cl)cc3)c2C1)c1ccc(OC)cc1. The lowest BCUT2D eigenvalue weighted by Crippen LogP contribution is -2.14. The molecule has 0 spiro atoms. The van der Waals surface area contributed by atoms with Crippen molar-refractivity contribution < 1.29 is 14.3 Å². The number of hydrogen-bond acceptors (Lipinski definition) is 4. The molecule has 0 saturated heterocycles. The third kappa shape index (κ3) is 3.98. The predicted octanol–water partition coefficient (Wildman–Crippen LogP) is 5.24. The number of rotatable bonds is 5. The number of aryl methyl sites for hydroxylation is 1. The summed E-state index contributed by atoms with van der Waals surface area (Å²) in [5.41, 5.74) is 6.68. The number of carbonyl (C=O) groups is 1. The lowest BCUT2D eigenvalue weighted by atomic mass is 9.85. The first-order chi connectivity index (χ1) is 14.6. The zero-order valence-electron chi connectivity index (χ0n) is 17.0. The van der Waals surface area contributed by atoms with Crippen molar-refractivity contribution in [3.8, 4) is 17.0 Å². The number of allylic oxidation sites excluding steroid dienone is 1. The molecule has 5 nitrogen and oxygen atoms in total. The summed E-state index contributed by atoms with van der Waals surface area (Å²) in [6.45, 7) is 2.15. The second-order valence-electron chi connectivity index (χ2n) is 7.14. The topological polar surface area (TPSA) is 64.2 Å². The maximum Gasteiger partial charge on any atom is 0.338 e. The van der Waals surface area contributed by atoms with Gasteiger partial charge in [-0.2, -0.15) is 5.10 Å². The summed E-state index contributed by atoms with van der Waals surface area (Å²) >= 11 is 6.04. The van der Waals surface area contributed by atoms with Crippen LogP contribution in [0.5, 0.6) is 5.75 Å². The molecule has 154 valence electrons. The minimum Gasteiger partial charge on any atom is -0.497 e. The van der Waals surface area contributed by atoms with Gasteiger partial charge in [0.1, 0.15) is 5.75 Å². The summed E-state index contributed by atoms with van der Waals surface area (Å²) in [6.07, 6.45) is 2.18. The molecule has 1 aliphatic carbocycles. The molecule has 0 radical (unpaired) electrons. The monoisotopic (exact) mass is 422 g/mol. The van der Waals surface area contributed by atoms with Crippen molar-refractivity contribution in [3.63, 3.8) is 0 Å². The van der Waals surface area contributed by atoms with Crippen LogP contribution in [-0.2, 0) is 22.4 Å². The molecule has 0 amide bonds. The van der Waals surface area contributed by atoms with Gasteiger partial charge in [0.2, 0.25) is 0 Å². The highest BCUT2D eigenvalue weighted by Crippen LogP contribution is 2.36. The highest BCUT2D eigenvalue weighted by molar-refractivity contribution is 6.30. The molecule has 0 fully saturated rings. The van der Waals surface area contributed by atoms with Gasteiger partial charge in [0, 0.05) is 10.6 Å². The molecule has 30 heavy (non-hydrogen) atoms. The summed E-state index contributed by atoms with van der Waals surface area (Å²) in [5, 5.41) is 8.38. The first-order valence-corrected chi connectivity index (χ1v) is 10.3. The summed E-state index contributed by atoms with van der Waals surface area (Å²) in [6, 6.07) is 15.2. The predicted molar refractivity (Wildman–Crippen MR) is 118 cm³/mol. The second kappa shape index (κ2) is 8.76. The number of hydrogen-bond donors (Lipinski definition) is 1. The van der Waals surface area contributed by atoms with Gasteiger partial charge in [-0.1, -0.05) is 41.4 Å². The van der Waals surface area contributed by atoms with Gasteiger partial charge >= 0.3 is 5.97 Å². The van der Waals surface area contributed by atoms with Crippen LogP contribution in [0.4, 0.5) is 0 Å². The van der Waals surface area contributed by atoms with E-state index >= 15 is 0 Å². The van der Waals surface area contributed by atoms with Crippen LogP contribution >= 0.6 is 11.6 Å². The van der Waals surface area contributed by atoms with Crippen LogP contribution in [0.15, 0.2) is 54.1 Å². The number of methoxy groups -OCH3 is 1.